The molecule has 0 aliphatic heterocycles. The third-order valence-electron chi connectivity index (χ3n) is 1.27. The van der Waals surface area contributed by atoms with Crippen LogP contribution in [0.3, 0.4) is 0 Å². The van der Waals surface area contributed by atoms with E-state index in [0.717, 1.165) is 0 Å². The van der Waals surface area contributed by atoms with Gasteiger partial charge >= 0.3 is 0 Å². The zero-order chi connectivity index (χ0) is 7.65. The van der Waals surface area contributed by atoms with Gasteiger partial charge < -0.3 is 10.8 Å². The van der Waals surface area contributed by atoms with E-state index in [-0.39, 0.29) is 5.92 Å². The third kappa shape index (κ3) is 1.65. The largest absolute Gasteiger partial charge is 0.367 e. The molecule has 0 heterocycles. The van der Waals surface area contributed by atoms with Gasteiger partial charge in [0.05, 0.1) is 0 Å². The number of primary amides is 1. The maximum atomic E-state index is 10.3. The molecule has 0 radical (unpaired) electrons. The van der Waals surface area contributed by atoms with Crippen molar-refractivity contribution in [3.63, 3.8) is 0 Å². The number of hydrogen-bond acceptors (Lipinski definition) is 3. The molecule has 0 fully saturated rings. The number of aliphatic hydroxyl groups is 1. The average molecular weight is 132 g/mol. The van der Waals surface area contributed by atoms with Gasteiger partial charge in [0, 0.05) is 5.92 Å². The minimum atomic E-state index is -1.86. The first kappa shape index (κ1) is 8.39. The molecule has 0 aromatic rings. The number of carbonyl (C=O) groups is 1. The van der Waals surface area contributed by atoms with Crippen LogP contribution in [0.5, 0.6) is 0 Å². The lowest BCUT2D eigenvalue weighted by Gasteiger charge is -2.22. The van der Waals surface area contributed by atoms with Gasteiger partial charge in [0.1, 0.15) is 0 Å². The average Bonchev–Trinajstić information content (AvgIpc) is 1.65. The Hall–Kier alpha value is -0.610. The minimum Gasteiger partial charge on any atom is -0.367 e. The van der Waals surface area contributed by atoms with E-state index in [0.29, 0.717) is 0 Å². The molecular formula is C5H12N2O2. The molecule has 0 rings (SSSR count). The summed E-state index contributed by atoms with van der Waals surface area (Å²) in [5.74, 6) is -1.24. The lowest BCUT2D eigenvalue weighted by molar-refractivity contribution is -0.140. The summed E-state index contributed by atoms with van der Waals surface area (Å²) in [7, 11) is 0. The van der Waals surface area contributed by atoms with E-state index < -0.39 is 11.6 Å². The summed E-state index contributed by atoms with van der Waals surface area (Å²) in [4.78, 5) is 10.3. The Morgan fingerprint density at radius 3 is 2.00 bits per heavy atom. The van der Waals surface area contributed by atoms with Crippen LogP contribution in [0.2, 0.25) is 0 Å². The fourth-order valence-corrected chi connectivity index (χ4v) is 0.285. The highest BCUT2D eigenvalue weighted by Gasteiger charge is 2.32. The van der Waals surface area contributed by atoms with Crippen molar-refractivity contribution in [1.29, 1.82) is 0 Å². The van der Waals surface area contributed by atoms with Gasteiger partial charge in [0.2, 0.25) is 0 Å². The highest BCUT2D eigenvalue weighted by atomic mass is 16.3. The fraction of sp³-hybridized carbons (Fsp3) is 0.800. The monoisotopic (exact) mass is 132 g/mol. The first-order chi connectivity index (χ1) is 3.89. The van der Waals surface area contributed by atoms with Crippen molar-refractivity contribution < 1.29 is 9.90 Å². The molecule has 1 amide bonds. The Balaban J connectivity index is 4.19. The molecule has 0 spiro atoms. The summed E-state index contributed by atoms with van der Waals surface area (Å²) in [5.41, 5.74) is 7.98. The second-order valence-corrected chi connectivity index (χ2v) is 2.34. The van der Waals surface area contributed by atoms with E-state index in [4.69, 9.17) is 16.6 Å². The predicted molar refractivity (Wildman–Crippen MR) is 33.2 cm³/mol. The Morgan fingerprint density at radius 2 is 2.00 bits per heavy atom. The van der Waals surface area contributed by atoms with E-state index in [2.05, 4.69) is 0 Å². The topological polar surface area (TPSA) is 89.3 Å². The summed E-state index contributed by atoms with van der Waals surface area (Å²) >= 11 is 0. The lowest BCUT2D eigenvalue weighted by Crippen LogP contribution is -2.55. The van der Waals surface area contributed by atoms with Gasteiger partial charge in [-0.15, -0.1) is 0 Å². The molecule has 4 nitrogen and oxygen atoms in total. The van der Waals surface area contributed by atoms with Crippen LogP contribution in [0.25, 0.3) is 0 Å². The maximum Gasteiger partial charge on any atom is 0.264 e. The van der Waals surface area contributed by atoms with E-state index in [9.17, 15) is 4.79 Å². The van der Waals surface area contributed by atoms with Crippen LogP contribution in [-0.4, -0.2) is 16.7 Å². The summed E-state index contributed by atoms with van der Waals surface area (Å²) < 4.78 is 0. The molecule has 0 bridgehead atoms. The van der Waals surface area contributed by atoms with Crippen molar-refractivity contribution in [2.45, 2.75) is 19.6 Å². The lowest BCUT2D eigenvalue weighted by atomic mass is 10.0. The Kier molecular flexibility index (Phi) is 2.17. The van der Waals surface area contributed by atoms with Crippen LogP contribution in [0.4, 0.5) is 0 Å². The van der Waals surface area contributed by atoms with Gasteiger partial charge in [-0.3, -0.25) is 10.5 Å². The smallest absolute Gasteiger partial charge is 0.264 e. The molecule has 0 saturated heterocycles. The van der Waals surface area contributed by atoms with Gasteiger partial charge in [-0.2, -0.15) is 0 Å². The summed E-state index contributed by atoms with van der Waals surface area (Å²) in [6.45, 7) is 3.23. The highest BCUT2D eigenvalue weighted by molar-refractivity contribution is 5.82. The Labute approximate surface area is 53.8 Å². The number of rotatable bonds is 2. The SMILES string of the molecule is CC(C)[C@@](N)(O)C(N)=O. The van der Waals surface area contributed by atoms with Crippen LogP contribution >= 0.6 is 0 Å². The first-order valence-electron chi connectivity index (χ1n) is 2.70. The van der Waals surface area contributed by atoms with Crippen LogP contribution < -0.4 is 11.5 Å². The molecule has 0 aliphatic rings. The number of nitrogens with two attached hydrogens (primary N) is 2. The van der Waals surface area contributed by atoms with Crippen molar-refractivity contribution in [1.82, 2.24) is 0 Å². The highest BCUT2D eigenvalue weighted by Crippen LogP contribution is 2.07. The van der Waals surface area contributed by atoms with Gasteiger partial charge in [0.15, 0.2) is 5.72 Å². The molecule has 0 unspecified atom stereocenters. The van der Waals surface area contributed by atoms with E-state index in [1.165, 1.54) is 0 Å². The first-order valence-corrected chi connectivity index (χ1v) is 2.70. The normalized spacial score (nSPS) is 17.4. The second-order valence-electron chi connectivity index (χ2n) is 2.34. The van der Waals surface area contributed by atoms with Crippen molar-refractivity contribution in [2.24, 2.45) is 17.4 Å². The van der Waals surface area contributed by atoms with Gasteiger partial charge in [0.25, 0.3) is 5.91 Å². The molecule has 0 aromatic carbocycles. The number of hydrogen-bond donors (Lipinski definition) is 3. The Bertz CT molecular complexity index is 120. The molecule has 4 heteroatoms. The fourth-order valence-electron chi connectivity index (χ4n) is 0.285. The van der Waals surface area contributed by atoms with Gasteiger partial charge in [-0.25, -0.2) is 0 Å². The summed E-state index contributed by atoms with van der Waals surface area (Å²) in [5, 5.41) is 8.97. The zero-order valence-corrected chi connectivity index (χ0v) is 5.59. The van der Waals surface area contributed by atoms with Crippen LogP contribution in [0, 0.1) is 5.92 Å². The molecule has 0 aromatic heterocycles. The number of amides is 1. The Morgan fingerprint density at radius 1 is 1.67 bits per heavy atom. The molecule has 1 atom stereocenters. The van der Waals surface area contributed by atoms with Gasteiger partial charge in [-0.05, 0) is 0 Å². The van der Waals surface area contributed by atoms with E-state index >= 15 is 0 Å². The predicted octanol–water partition coefficient (Wildman–Crippen LogP) is -1.22. The van der Waals surface area contributed by atoms with E-state index in [1.807, 2.05) is 0 Å². The molecule has 54 valence electrons. The van der Waals surface area contributed by atoms with Crippen LogP contribution in [-0.2, 0) is 4.79 Å². The summed E-state index contributed by atoms with van der Waals surface area (Å²) in [6, 6.07) is 0. The maximum absolute atomic E-state index is 10.3. The molecule has 5 N–H and O–H groups in total. The zero-order valence-electron chi connectivity index (χ0n) is 5.59. The molecule has 0 aliphatic carbocycles. The van der Waals surface area contributed by atoms with Crippen LogP contribution in [0.15, 0.2) is 0 Å². The number of carbonyl (C=O) groups excluding carboxylic acids is 1. The third-order valence-corrected chi connectivity index (χ3v) is 1.27. The van der Waals surface area contributed by atoms with Crippen molar-refractivity contribution in [3.05, 3.63) is 0 Å². The van der Waals surface area contributed by atoms with Crippen LogP contribution in [0.1, 0.15) is 13.8 Å². The van der Waals surface area contributed by atoms with Gasteiger partial charge in [-0.1, -0.05) is 13.8 Å². The second kappa shape index (κ2) is 2.33. The summed E-state index contributed by atoms with van der Waals surface area (Å²) in [6.07, 6.45) is 0. The molecule has 0 saturated carbocycles. The quantitative estimate of drug-likeness (QED) is 0.411. The minimum absolute atomic E-state index is 0.352. The van der Waals surface area contributed by atoms with Crippen molar-refractivity contribution in [2.75, 3.05) is 0 Å². The molecule has 9 heavy (non-hydrogen) atoms. The van der Waals surface area contributed by atoms with Crippen molar-refractivity contribution in [3.8, 4) is 0 Å². The molecular weight excluding hydrogens is 120 g/mol. The van der Waals surface area contributed by atoms with Crippen molar-refractivity contribution >= 4 is 5.91 Å². The standard InChI is InChI=1S/C5H12N2O2/c1-3(2)5(7,9)4(6)8/h3,9H,7H2,1-2H3,(H2,6,8)/t5-/m1/s1. The van der Waals surface area contributed by atoms with E-state index in [1.54, 1.807) is 13.8 Å².